The zero-order chi connectivity index (χ0) is 19.2. The van der Waals surface area contributed by atoms with Gasteiger partial charge in [0.2, 0.25) is 0 Å². The van der Waals surface area contributed by atoms with Gasteiger partial charge in [0.1, 0.15) is 0 Å². The van der Waals surface area contributed by atoms with Gasteiger partial charge in [0, 0.05) is 64.8 Å². The molecule has 2 aromatic heterocycles. The summed E-state index contributed by atoms with van der Waals surface area (Å²) >= 11 is 0. The molecule has 0 saturated carbocycles. The first kappa shape index (κ1) is 19.1. The molecule has 7 nitrogen and oxygen atoms in total. The molecule has 28 heavy (non-hydrogen) atoms. The van der Waals surface area contributed by atoms with Crippen molar-refractivity contribution >= 4 is 5.78 Å². The number of aromatic nitrogens is 2. The summed E-state index contributed by atoms with van der Waals surface area (Å²) in [6.07, 6.45) is 3.64. The number of carbonyl (C=O) groups is 1. The fraction of sp³-hybridized carbons (Fsp3) is 0.476. The Bertz CT molecular complexity index is 693. The van der Waals surface area contributed by atoms with Crippen LogP contribution in [0.2, 0.25) is 0 Å². The van der Waals surface area contributed by atoms with Gasteiger partial charge < -0.3 is 10.6 Å². The highest BCUT2D eigenvalue weighted by atomic mass is 16.1. The third-order valence-corrected chi connectivity index (χ3v) is 5.43. The predicted octanol–water partition coefficient (Wildman–Crippen LogP) is 0.294. The van der Waals surface area contributed by atoms with Crippen LogP contribution in [-0.2, 0) is 17.9 Å². The minimum Gasteiger partial charge on any atom is -0.305 e. The van der Waals surface area contributed by atoms with E-state index in [1.165, 1.54) is 0 Å². The van der Waals surface area contributed by atoms with E-state index in [1.54, 1.807) is 0 Å². The highest BCUT2D eigenvalue weighted by Crippen LogP contribution is 2.11. The largest absolute Gasteiger partial charge is 0.305 e. The van der Waals surface area contributed by atoms with Crippen LogP contribution >= 0.6 is 0 Å². The summed E-state index contributed by atoms with van der Waals surface area (Å²) in [5.41, 5.74) is 2.10. The lowest BCUT2D eigenvalue weighted by Gasteiger charge is -2.37. The van der Waals surface area contributed by atoms with Crippen molar-refractivity contribution in [3.8, 4) is 0 Å². The second-order valence-corrected chi connectivity index (χ2v) is 7.53. The van der Waals surface area contributed by atoms with E-state index in [2.05, 4.69) is 30.4 Å². The molecule has 2 N–H and O–H groups in total. The van der Waals surface area contributed by atoms with E-state index in [0.717, 1.165) is 63.7 Å². The molecule has 2 unspecified atom stereocenters. The molecule has 4 heterocycles. The zero-order valence-electron chi connectivity index (χ0n) is 16.1. The van der Waals surface area contributed by atoms with Crippen molar-refractivity contribution in [2.75, 3.05) is 39.3 Å². The lowest BCUT2D eigenvalue weighted by Crippen LogP contribution is -2.62. The summed E-state index contributed by atoms with van der Waals surface area (Å²) in [5.74, 6) is 0.261. The van der Waals surface area contributed by atoms with E-state index >= 15 is 0 Å². The van der Waals surface area contributed by atoms with Gasteiger partial charge in [0.25, 0.3) is 0 Å². The number of ketones is 1. The second-order valence-electron chi connectivity index (χ2n) is 7.53. The molecule has 0 amide bonds. The molecule has 0 radical (unpaired) electrons. The van der Waals surface area contributed by atoms with Gasteiger partial charge in [-0.15, -0.1) is 0 Å². The van der Waals surface area contributed by atoms with Crippen LogP contribution in [0.5, 0.6) is 0 Å². The summed E-state index contributed by atoms with van der Waals surface area (Å²) in [7, 11) is 0. The van der Waals surface area contributed by atoms with Gasteiger partial charge in [-0.05, 0) is 24.3 Å². The average Bonchev–Trinajstić information content (AvgIpc) is 2.75. The fourth-order valence-corrected chi connectivity index (χ4v) is 3.97. The van der Waals surface area contributed by atoms with E-state index in [0.29, 0.717) is 0 Å². The van der Waals surface area contributed by atoms with Crippen molar-refractivity contribution in [1.29, 1.82) is 0 Å². The van der Waals surface area contributed by atoms with Crippen LogP contribution in [0.4, 0.5) is 0 Å². The smallest absolute Gasteiger partial charge is 0.169 e. The van der Waals surface area contributed by atoms with Crippen molar-refractivity contribution < 1.29 is 4.79 Å². The van der Waals surface area contributed by atoms with Crippen molar-refractivity contribution in [3.63, 3.8) is 0 Å². The van der Waals surface area contributed by atoms with Gasteiger partial charge in [-0.3, -0.25) is 24.6 Å². The Hall–Kier alpha value is -2.19. The second kappa shape index (κ2) is 9.34. The first-order valence-electron chi connectivity index (χ1n) is 10.0. The fourth-order valence-electron chi connectivity index (χ4n) is 3.97. The van der Waals surface area contributed by atoms with Crippen molar-refractivity contribution in [3.05, 3.63) is 60.2 Å². The first-order valence-corrected chi connectivity index (χ1v) is 10.0. The van der Waals surface area contributed by atoms with Crippen LogP contribution in [-0.4, -0.2) is 76.9 Å². The molecule has 2 aliphatic rings. The molecule has 148 valence electrons. The molecule has 2 aromatic rings. The van der Waals surface area contributed by atoms with Crippen LogP contribution in [0.3, 0.4) is 0 Å². The van der Waals surface area contributed by atoms with Crippen LogP contribution in [0.25, 0.3) is 0 Å². The van der Waals surface area contributed by atoms with Gasteiger partial charge >= 0.3 is 0 Å². The average molecular weight is 380 g/mol. The van der Waals surface area contributed by atoms with E-state index in [4.69, 9.17) is 0 Å². The van der Waals surface area contributed by atoms with Gasteiger partial charge in [0.15, 0.2) is 5.78 Å². The van der Waals surface area contributed by atoms with E-state index in [-0.39, 0.29) is 17.9 Å². The van der Waals surface area contributed by atoms with Gasteiger partial charge in [-0.2, -0.15) is 0 Å². The minimum atomic E-state index is -0.134. The molecule has 2 saturated heterocycles. The summed E-state index contributed by atoms with van der Waals surface area (Å²) in [6, 6.07) is 11.7. The Morgan fingerprint density at radius 2 is 1.36 bits per heavy atom. The molecule has 2 aliphatic heterocycles. The number of rotatable bonds is 6. The van der Waals surface area contributed by atoms with E-state index in [9.17, 15) is 4.79 Å². The van der Waals surface area contributed by atoms with Crippen LogP contribution in [0.1, 0.15) is 11.4 Å². The normalized spacial score (nSPS) is 24.1. The van der Waals surface area contributed by atoms with Crippen LogP contribution in [0, 0.1) is 0 Å². The standard InChI is InChI=1S/C21H28N6O/c28-21(19-15-26(11-9-24-19)13-17-5-1-3-7-22-17)20-16-27(12-10-25-20)14-18-6-2-4-8-23-18/h1-8,19-20,24-25H,9-16H2. The maximum absolute atomic E-state index is 13.1. The van der Waals surface area contributed by atoms with Crippen LogP contribution < -0.4 is 10.6 Å². The number of hydrogen-bond acceptors (Lipinski definition) is 7. The lowest BCUT2D eigenvalue weighted by molar-refractivity contribution is -0.125. The van der Waals surface area contributed by atoms with E-state index in [1.807, 2.05) is 48.8 Å². The molecule has 0 aromatic carbocycles. The topological polar surface area (TPSA) is 73.4 Å². The molecule has 4 rings (SSSR count). The summed E-state index contributed by atoms with van der Waals surface area (Å²) in [6.45, 7) is 6.56. The highest BCUT2D eigenvalue weighted by Gasteiger charge is 2.33. The number of hydrogen-bond donors (Lipinski definition) is 2. The van der Waals surface area contributed by atoms with Crippen LogP contribution in [0.15, 0.2) is 48.8 Å². The van der Waals surface area contributed by atoms with Gasteiger partial charge in [-0.25, -0.2) is 0 Å². The molecule has 2 fully saturated rings. The third-order valence-electron chi connectivity index (χ3n) is 5.43. The number of nitrogens with one attached hydrogen (secondary N) is 2. The molecule has 0 aliphatic carbocycles. The number of carbonyl (C=O) groups excluding carboxylic acids is 1. The SMILES string of the molecule is O=C(C1CN(Cc2ccccn2)CCN1)C1CN(Cc2ccccn2)CCN1. The minimum absolute atomic E-state index is 0.134. The highest BCUT2D eigenvalue weighted by molar-refractivity contribution is 5.89. The van der Waals surface area contributed by atoms with Crippen molar-refractivity contribution in [1.82, 2.24) is 30.4 Å². The third kappa shape index (κ3) is 4.99. The quantitative estimate of drug-likeness (QED) is 0.746. The Labute approximate surface area is 166 Å². The molecule has 0 spiro atoms. The molecular weight excluding hydrogens is 352 g/mol. The number of pyridine rings is 2. The monoisotopic (exact) mass is 380 g/mol. The maximum Gasteiger partial charge on any atom is 0.169 e. The van der Waals surface area contributed by atoms with Gasteiger partial charge in [-0.1, -0.05) is 12.1 Å². The van der Waals surface area contributed by atoms with E-state index < -0.39 is 0 Å². The number of Topliss-reactive ketones (excluding diaryl/α,β-unsaturated/α-hetero) is 1. The number of nitrogens with zero attached hydrogens (tertiary/aromatic N) is 4. The molecule has 2 atom stereocenters. The molecule has 7 heteroatoms. The maximum atomic E-state index is 13.1. The Morgan fingerprint density at radius 3 is 1.79 bits per heavy atom. The summed E-state index contributed by atoms with van der Waals surface area (Å²) < 4.78 is 0. The number of piperazine rings is 2. The van der Waals surface area contributed by atoms with Gasteiger partial charge in [0.05, 0.1) is 23.5 Å². The summed E-state index contributed by atoms with van der Waals surface area (Å²) in [5, 5.41) is 6.83. The predicted molar refractivity (Wildman–Crippen MR) is 108 cm³/mol. The lowest BCUT2D eigenvalue weighted by atomic mass is 10.0. The summed E-state index contributed by atoms with van der Waals surface area (Å²) in [4.78, 5) is 26.6. The zero-order valence-corrected chi connectivity index (χ0v) is 16.1. The Kier molecular flexibility index (Phi) is 6.38. The molecular formula is C21H28N6O. The Balaban J connectivity index is 1.32. The Morgan fingerprint density at radius 1 is 0.857 bits per heavy atom. The van der Waals surface area contributed by atoms with Crippen molar-refractivity contribution in [2.45, 2.75) is 25.2 Å². The first-order chi connectivity index (χ1) is 13.8. The molecule has 0 bridgehead atoms. The van der Waals surface area contributed by atoms with Crippen molar-refractivity contribution in [2.24, 2.45) is 0 Å².